The van der Waals surface area contributed by atoms with Gasteiger partial charge in [-0.15, -0.1) is 0 Å². The van der Waals surface area contributed by atoms with Crippen LogP contribution in [0, 0.1) is 0 Å². The smallest absolute Gasteiger partial charge is 0.227 e. The van der Waals surface area contributed by atoms with Gasteiger partial charge in [0.1, 0.15) is 0 Å². The molecule has 0 bridgehead atoms. The number of rotatable bonds is 4. The van der Waals surface area contributed by atoms with Crippen LogP contribution in [-0.2, 0) is 11.8 Å². The summed E-state index contributed by atoms with van der Waals surface area (Å²) in [4.78, 5) is 22.6. The van der Waals surface area contributed by atoms with Crippen LogP contribution in [-0.4, -0.2) is 43.6 Å². The molecule has 0 saturated carbocycles. The zero-order valence-electron chi connectivity index (χ0n) is 13.6. The summed E-state index contributed by atoms with van der Waals surface area (Å²) < 4.78 is 1.73. The lowest BCUT2D eigenvalue weighted by atomic mass is 9.93. The van der Waals surface area contributed by atoms with E-state index in [1.54, 1.807) is 17.1 Å². The van der Waals surface area contributed by atoms with Crippen molar-refractivity contribution in [3.05, 3.63) is 30.4 Å². The lowest BCUT2D eigenvalue weighted by Gasteiger charge is -2.31. The average molecular weight is 314 g/mol. The fourth-order valence-electron chi connectivity index (χ4n) is 2.92. The molecule has 1 amide bonds. The highest BCUT2D eigenvalue weighted by molar-refractivity contribution is 5.75. The molecule has 1 aliphatic heterocycles. The largest absolute Gasteiger partial charge is 0.343 e. The monoisotopic (exact) mass is 314 g/mol. The molecule has 3 heterocycles. The highest BCUT2D eigenvalue weighted by atomic mass is 16.2. The van der Waals surface area contributed by atoms with Gasteiger partial charge in [0.2, 0.25) is 11.9 Å². The van der Waals surface area contributed by atoms with Crippen molar-refractivity contribution in [3.63, 3.8) is 0 Å². The molecule has 0 aliphatic carbocycles. The quantitative estimate of drug-likeness (QED) is 0.935. The van der Waals surface area contributed by atoms with Crippen LogP contribution in [0.1, 0.15) is 37.8 Å². The Labute approximate surface area is 135 Å². The number of nitrogens with one attached hydrogen (secondary N) is 1. The summed E-state index contributed by atoms with van der Waals surface area (Å²) in [5, 5.41) is 7.29. The zero-order chi connectivity index (χ0) is 16.2. The molecule has 0 unspecified atom stereocenters. The number of piperidine rings is 1. The maximum atomic E-state index is 11.8. The number of anilines is 2. The standard InChI is InChI=1S/C16H22N6O/c1-3-15(23)22-8-5-12(6-9-22)14-4-7-17-16(20-14)19-13-10-18-21(2)11-13/h4,7,10-12H,3,5-6,8-9H2,1-2H3,(H,17,19,20). The molecule has 0 radical (unpaired) electrons. The number of hydrogen-bond donors (Lipinski definition) is 1. The van der Waals surface area contributed by atoms with Crippen LogP contribution in [0.15, 0.2) is 24.7 Å². The van der Waals surface area contributed by atoms with Gasteiger partial charge in [0, 0.05) is 50.6 Å². The van der Waals surface area contributed by atoms with Gasteiger partial charge in [-0.1, -0.05) is 6.92 Å². The number of aryl methyl sites for hydroxylation is 1. The summed E-state index contributed by atoms with van der Waals surface area (Å²) in [5.41, 5.74) is 1.91. The predicted molar refractivity (Wildman–Crippen MR) is 87.4 cm³/mol. The van der Waals surface area contributed by atoms with Crippen LogP contribution in [0.25, 0.3) is 0 Å². The molecule has 0 spiro atoms. The third-order valence-electron chi connectivity index (χ3n) is 4.21. The SMILES string of the molecule is CCC(=O)N1CCC(c2ccnc(Nc3cnn(C)c3)n2)CC1. The van der Waals surface area contributed by atoms with Crippen LogP contribution >= 0.6 is 0 Å². The van der Waals surface area contributed by atoms with Gasteiger partial charge in [0.05, 0.1) is 11.9 Å². The Morgan fingerprint density at radius 1 is 1.39 bits per heavy atom. The summed E-state index contributed by atoms with van der Waals surface area (Å²) in [6.45, 7) is 3.54. The molecule has 7 heteroatoms. The molecule has 1 saturated heterocycles. The van der Waals surface area contributed by atoms with E-state index in [4.69, 9.17) is 0 Å². The summed E-state index contributed by atoms with van der Waals surface area (Å²) in [6.07, 6.45) is 7.89. The molecule has 3 rings (SSSR count). The number of hydrogen-bond acceptors (Lipinski definition) is 5. The van der Waals surface area contributed by atoms with Gasteiger partial charge >= 0.3 is 0 Å². The van der Waals surface area contributed by atoms with Crippen LogP contribution in [0.5, 0.6) is 0 Å². The van der Waals surface area contributed by atoms with Crippen molar-refractivity contribution in [2.24, 2.45) is 7.05 Å². The first-order chi connectivity index (χ1) is 11.2. The molecule has 7 nitrogen and oxygen atoms in total. The summed E-state index contributed by atoms with van der Waals surface area (Å²) in [7, 11) is 1.87. The molecule has 0 atom stereocenters. The number of likely N-dealkylation sites (tertiary alicyclic amines) is 1. The third-order valence-corrected chi connectivity index (χ3v) is 4.21. The first kappa shape index (κ1) is 15.5. The number of nitrogens with zero attached hydrogens (tertiary/aromatic N) is 5. The van der Waals surface area contributed by atoms with Crippen molar-refractivity contribution in [3.8, 4) is 0 Å². The van der Waals surface area contributed by atoms with E-state index in [1.165, 1.54) is 0 Å². The minimum atomic E-state index is 0.241. The Hall–Kier alpha value is -2.44. The van der Waals surface area contributed by atoms with E-state index in [-0.39, 0.29) is 5.91 Å². The fraction of sp³-hybridized carbons (Fsp3) is 0.500. The van der Waals surface area contributed by atoms with Gasteiger partial charge in [-0.25, -0.2) is 9.97 Å². The first-order valence-electron chi connectivity index (χ1n) is 8.02. The van der Waals surface area contributed by atoms with Crippen molar-refractivity contribution < 1.29 is 4.79 Å². The Kier molecular flexibility index (Phi) is 4.55. The lowest BCUT2D eigenvalue weighted by Crippen LogP contribution is -2.37. The van der Waals surface area contributed by atoms with Gasteiger partial charge < -0.3 is 10.2 Å². The Bertz CT molecular complexity index is 675. The van der Waals surface area contributed by atoms with E-state index >= 15 is 0 Å². The topological polar surface area (TPSA) is 75.9 Å². The van der Waals surface area contributed by atoms with Gasteiger partial charge in [-0.05, 0) is 18.9 Å². The molecular weight excluding hydrogens is 292 g/mol. The second kappa shape index (κ2) is 6.76. The average Bonchev–Trinajstić information content (AvgIpc) is 2.99. The highest BCUT2D eigenvalue weighted by Crippen LogP contribution is 2.27. The van der Waals surface area contributed by atoms with Crippen molar-refractivity contribution in [1.29, 1.82) is 0 Å². The second-order valence-electron chi connectivity index (χ2n) is 5.84. The van der Waals surface area contributed by atoms with E-state index in [2.05, 4.69) is 20.4 Å². The van der Waals surface area contributed by atoms with Crippen LogP contribution in [0.4, 0.5) is 11.6 Å². The minimum absolute atomic E-state index is 0.241. The normalized spacial score (nSPS) is 15.7. The molecule has 2 aromatic rings. The van der Waals surface area contributed by atoms with Crippen molar-refractivity contribution in [2.75, 3.05) is 18.4 Å². The van der Waals surface area contributed by atoms with E-state index < -0.39 is 0 Å². The number of carbonyl (C=O) groups is 1. The van der Waals surface area contributed by atoms with Gasteiger partial charge in [-0.2, -0.15) is 5.10 Å². The number of aromatic nitrogens is 4. The van der Waals surface area contributed by atoms with Gasteiger partial charge in [-0.3, -0.25) is 9.48 Å². The van der Waals surface area contributed by atoms with E-state index in [0.717, 1.165) is 37.3 Å². The summed E-state index contributed by atoms with van der Waals surface area (Å²) >= 11 is 0. The molecule has 1 aliphatic rings. The number of amides is 1. The lowest BCUT2D eigenvalue weighted by molar-refractivity contribution is -0.131. The van der Waals surface area contributed by atoms with Gasteiger partial charge in [0.25, 0.3) is 0 Å². The van der Waals surface area contributed by atoms with Crippen molar-refractivity contribution in [1.82, 2.24) is 24.6 Å². The van der Waals surface area contributed by atoms with E-state index in [0.29, 0.717) is 18.3 Å². The van der Waals surface area contributed by atoms with Crippen LogP contribution in [0.3, 0.4) is 0 Å². The summed E-state index contributed by atoms with van der Waals surface area (Å²) in [5.74, 6) is 1.21. The molecule has 23 heavy (non-hydrogen) atoms. The predicted octanol–water partition coefficient (Wildman–Crippen LogP) is 2.07. The zero-order valence-corrected chi connectivity index (χ0v) is 13.6. The molecule has 2 aromatic heterocycles. The maximum absolute atomic E-state index is 11.8. The van der Waals surface area contributed by atoms with E-state index in [9.17, 15) is 4.79 Å². The molecule has 1 fully saturated rings. The van der Waals surface area contributed by atoms with Crippen molar-refractivity contribution in [2.45, 2.75) is 32.1 Å². The van der Waals surface area contributed by atoms with E-state index in [1.807, 2.05) is 31.1 Å². The Morgan fingerprint density at radius 3 is 2.83 bits per heavy atom. The maximum Gasteiger partial charge on any atom is 0.227 e. The first-order valence-corrected chi connectivity index (χ1v) is 8.02. The minimum Gasteiger partial charge on any atom is -0.343 e. The molecular formula is C16H22N6O. The third kappa shape index (κ3) is 3.67. The molecule has 122 valence electrons. The van der Waals surface area contributed by atoms with Gasteiger partial charge in [0.15, 0.2) is 0 Å². The second-order valence-corrected chi connectivity index (χ2v) is 5.84. The molecule has 0 aromatic carbocycles. The highest BCUT2D eigenvalue weighted by Gasteiger charge is 2.24. The number of carbonyl (C=O) groups excluding carboxylic acids is 1. The van der Waals surface area contributed by atoms with Crippen molar-refractivity contribution >= 4 is 17.5 Å². The Morgan fingerprint density at radius 2 is 2.17 bits per heavy atom. The van der Waals surface area contributed by atoms with Crippen LogP contribution < -0.4 is 5.32 Å². The van der Waals surface area contributed by atoms with Crippen LogP contribution in [0.2, 0.25) is 0 Å². The summed E-state index contributed by atoms with van der Waals surface area (Å²) in [6, 6.07) is 1.97. The Balaban J connectivity index is 1.65. The molecule has 1 N–H and O–H groups in total. The fourth-order valence-corrected chi connectivity index (χ4v) is 2.92.